The van der Waals surface area contributed by atoms with Crippen molar-refractivity contribution in [1.29, 1.82) is 0 Å². The van der Waals surface area contributed by atoms with E-state index in [1.165, 1.54) is 0 Å². The monoisotopic (exact) mass is 261 g/mol. The Labute approximate surface area is 112 Å². The molecule has 1 N–H and O–H groups in total. The molecule has 0 fully saturated rings. The third-order valence-corrected chi connectivity index (χ3v) is 2.63. The lowest BCUT2D eigenvalue weighted by Gasteiger charge is -2.07. The zero-order valence-electron chi connectivity index (χ0n) is 11.6. The zero-order valence-corrected chi connectivity index (χ0v) is 11.6. The summed E-state index contributed by atoms with van der Waals surface area (Å²) in [4.78, 5) is 8.46. The van der Waals surface area contributed by atoms with Gasteiger partial charge in [0.1, 0.15) is 6.33 Å². The van der Waals surface area contributed by atoms with Crippen molar-refractivity contribution in [3.63, 3.8) is 0 Å². The second-order valence-corrected chi connectivity index (χ2v) is 4.24. The minimum absolute atomic E-state index is 0.317. The van der Waals surface area contributed by atoms with Crippen LogP contribution in [0.5, 0.6) is 11.9 Å². The molecule has 102 valence electrons. The maximum absolute atomic E-state index is 5.58. The van der Waals surface area contributed by atoms with Crippen LogP contribution in [0.15, 0.2) is 18.5 Å². The molecule has 0 bridgehead atoms. The lowest BCUT2D eigenvalue weighted by atomic mass is 10.2. The highest BCUT2D eigenvalue weighted by Crippen LogP contribution is 2.18. The van der Waals surface area contributed by atoms with E-state index in [1.807, 2.05) is 6.07 Å². The van der Waals surface area contributed by atoms with Crippen LogP contribution in [-0.4, -0.2) is 26.3 Å². The molecule has 0 aliphatic carbocycles. The van der Waals surface area contributed by atoms with Gasteiger partial charge in [-0.1, -0.05) is 13.8 Å². The molecule has 0 aliphatic heterocycles. The maximum Gasteiger partial charge on any atom is 0.342 e. The van der Waals surface area contributed by atoms with Crippen molar-refractivity contribution in [3.05, 3.63) is 29.7 Å². The normalized spacial score (nSPS) is 10.7. The number of pyridine rings is 1. The Hall–Kier alpha value is -1.95. The van der Waals surface area contributed by atoms with E-state index in [9.17, 15) is 0 Å². The smallest absolute Gasteiger partial charge is 0.342 e. The van der Waals surface area contributed by atoms with E-state index in [0.717, 1.165) is 30.8 Å². The Bertz CT molecular complexity index is 538. The third kappa shape index (κ3) is 3.75. The number of aromatic nitrogens is 4. The van der Waals surface area contributed by atoms with Crippen LogP contribution in [0, 0.1) is 0 Å². The Morgan fingerprint density at radius 3 is 2.79 bits per heavy atom. The molecule has 19 heavy (non-hydrogen) atoms. The van der Waals surface area contributed by atoms with E-state index in [-0.39, 0.29) is 0 Å². The number of rotatable bonds is 6. The number of hydrogen-bond donors (Lipinski definition) is 1. The fourth-order valence-corrected chi connectivity index (χ4v) is 1.68. The predicted octanol–water partition coefficient (Wildman–Crippen LogP) is 1.67. The van der Waals surface area contributed by atoms with Crippen LogP contribution >= 0.6 is 0 Å². The molecule has 6 heteroatoms. The summed E-state index contributed by atoms with van der Waals surface area (Å²) in [6.07, 6.45) is 2.46. The Balaban J connectivity index is 2.18. The van der Waals surface area contributed by atoms with Crippen molar-refractivity contribution >= 4 is 0 Å². The van der Waals surface area contributed by atoms with E-state index in [2.05, 4.69) is 40.3 Å². The van der Waals surface area contributed by atoms with Gasteiger partial charge in [-0.25, -0.2) is 4.98 Å². The highest BCUT2D eigenvalue weighted by molar-refractivity contribution is 5.26. The largest absolute Gasteiger partial charge is 0.404 e. The molecule has 2 aromatic rings. The van der Waals surface area contributed by atoms with Gasteiger partial charge in [-0.15, -0.1) is 5.10 Å². The van der Waals surface area contributed by atoms with Crippen molar-refractivity contribution in [2.75, 3.05) is 6.54 Å². The highest BCUT2D eigenvalue weighted by atomic mass is 16.5. The van der Waals surface area contributed by atoms with Crippen molar-refractivity contribution in [2.24, 2.45) is 7.05 Å². The molecule has 0 atom stereocenters. The first-order chi connectivity index (χ1) is 9.21. The second-order valence-electron chi connectivity index (χ2n) is 4.24. The highest BCUT2D eigenvalue weighted by Gasteiger charge is 2.06. The topological polar surface area (TPSA) is 64.9 Å². The van der Waals surface area contributed by atoms with Crippen molar-refractivity contribution in [3.8, 4) is 11.9 Å². The van der Waals surface area contributed by atoms with Crippen LogP contribution in [0.4, 0.5) is 0 Å². The van der Waals surface area contributed by atoms with Crippen molar-refractivity contribution in [2.45, 2.75) is 26.8 Å². The summed E-state index contributed by atoms with van der Waals surface area (Å²) in [5, 5.41) is 7.37. The molecule has 0 radical (unpaired) electrons. The molecular weight excluding hydrogens is 242 g/mol. The lowest BCUT2D eigenvalue weighted by Crippen LogP contribution is -2.12. The van der Waals surface area contributed by atoms with Gasteiger partial charge in [0.2, 0.25) is 5.88 Å². The van der Waals surface area contributed by atoms with E-state index in [4.69, 9.17) is 4.74 Å². The molecule has 6 nitrogen and oxygen atoms in total. The molecule has 0 aromatic carbocycles. The SMILES string of the molecule is CCNCc1cc(CC)nc(Oc2ncn(C)n2)c1. The van der Waals surface area contributed by atoms with Crippen molar-refractivity contribution < 1.29 is 4.74 Å². The average Bonchev–Trinajstić information content (AvgIpc) is 2.81. The minimum Gasteiger partial charge on any atom is -0.404 e. The van der Waals surface area contributed by atoms with Gasteiger partial charge in [-0.3, -0.25) is 4.68 Å². The molecule has 2 rings (SSSR count). The fraction of sp³-hybridized carbons (Fsp3) is 0.462. The fourth-order valence-electron chi connectivity index (χ4n) is 1.68. The summed E-state index contributed by atoms with van der Waals surface area (Å²) >= 11 is 0. The standard InChI is InChI=1S/C13H19N5O/c1-4-11-6-10(8-14-5-2)7-12(16-11)19-13-15-9-18(3)17-13/h6-7,9,14H,4-5,8H2,1-3H3. The predicted molar refractivity (Wildman–Crippen MR) is 72.1 cm³/mol. The van der Waals surface area contributed by atoms with Gasteiger partial charge in [0.25, 0.3) is 0 Å². The van der Waals surface area contributed by atoms with Gasteiger partial charge < -0.3 is 10.1 Å². The van der Waals surface area contributed by atoms with Crippen molar-refractivity contribution in [1.82, 2.24) is 25.1 Å². The number of hydrogen-bond acceptors (Lipinski definition) is 5. The van der Waals surface area contributed by atoms with Crippen LogP contribution in [0.2, 0.25) is 0 Å². The van der Waals surface area contributed by atoms with Crippen LogP contribution < -0.4 is 10.1 Å². The summed E-state index contributed by atoms with van der Waals surface area (Å²) in [7, 11) is 1.80. The Kier molecular flexibility index (Phi) is 4.46. The molecule has 0 amide bonds. The summed E-state index contributed by atoms with van der Waals surface area (Å²) < 4.78 is 7.18. The lowest BCUT2D eigenvalue weighted by molar-refractivity contribution is 0.420. The molecular formula is C13H19N5O. The number of nitrogens with one attached hydrogen (secondary N) is 1. The quantitative estimate of drug-likeness (QED) is 0.857. The first-order valence-corrected chi connectivity index (χ1v) is 6.45. The summed E-state index contributed by atoms with van der Waals surface area (Å²) in [6, 6.07) is 4.32. The number of aryl methyl sites for hydroxylation is 2. The van der Waals surface area contributed by atoms with Gasteiger partial charge >= 0.3 is 6.01 Å². The van der Waals surface area contributed by atoms with Gasteiger partial charge in [-0.05, 0) is 24.6 Å². The third-order valence-electron chi connectivity index (χ3n) is 2.63. The Morgan fingerprint density at radius 2 is 2.16 bits per heavy atom. The van der Waals surface area contributed by atoms with E-state index in [0.29, 0.717) is 11.9 Å². The van der Waals surface area contributed by atoms with Crippen LogP contribution in [0.25, 0.3) is 0 Å². The molecule has 2 aromatic heterocycles. The van der Waals surface area contributed by atoms with Crippen LogP contribution in [0.1, 0.15) is 25.1 Å². The number of nitrogens with zero attached hydrogens (tertiary/aromatic N) is 4. The summed E-state index contributed by atoms with van der Waals surface area (Å²) in [5.41, 5.74) is 2.15. The first-order valence-electron chi connectivity index (χ1n) is 6.45. The number of ether oxygens (including phenoxy) is 1. The maximum atomic E-state index is 5.58. The molecule has 0 aliphatic rings. The summed E-state index contributed by atoms with van der Waals surface area (Å²) in [6.45, 7) is 5.89. The van der Waals surface area contributed by atoms with E-state index >= 15 is 0 Å². The van der Waals surface area contributed by atoms with E-state index in [1.54, 1.807) is 18.1 Å². The van der Waals surface area contributed by atoms with Gasteiger partial charge in [0.05, 0.1) is 0 Å². The average molecular weight is 261 g/mol. The molecule has 0 saturated heterocycles. The van der Waals surface area contributed by atoms with Crippen LogP contribution in [0.3, 0.4) is 0 Å². The van der Waals surface area contributed by atoms with Gasteiger partial charge in [-0.2, -0.15) is 4.98 Å². The minimum atomic E-state index is 0.317. The first kappa shape index (κ1) is 13.5. The molecule has 0 spiro atoms. The Morgan fingerprint density at radius 1 is 1.32 bits per heavy atom. The second kappa shape index (κ2) is 6.29. The summed E-state index contributed by atoms with van der Waals surface area (Å²) in [5.74, 6) is 0.540. The van der Waals surface area contributed by atoms with Gasteiger partial charge in [0, 0.05) is 25.4 Å². The van der Waals surface area contributed by atoms with Gasteiger partial charge in [0.15, 0.2) is 0 Å². The molecule has 2 heterocycles. The van der Waals surface area contributed by atoms with E-state index < -0.39 is 0 Å². The molecule has 0 unspecified atom stereocenters. The van der Waals surface area contributed by atoms with Crippen LogP contribution in [-0.2, 0) is 20.0 Å². The molecule has 0 saturated carbocycles. The zero-order chi connectivity index (χ0) is 13.7.